The average Bonchev–Trinajstić information content (AvgIpc) is 2.81. The van der Waals surface area contributed by atoms with Gasteiger partial charge >= 0.3 is 5.97 Å². The summed E-state index contributed by atoms with van der Waals surface area (Å²) >= 11 is 0. The smallest absolute Gasteiger partial charge is 0.338 e. The Balaban J connectivity index is 2.31. The molecule has 21 heavy (non-hydrogen) atoms. The second-order valence-corrected chi connectivity index (χ2v) is 5.88. The third-order valence-corrected chi connectivity index (χ3v) is 3.13. The Morgan fingerprint density at radius 1 is 1.29 bits per heavy atom. The summed E-state index contributed by atoms with van der Waals surface area (Å²) in [4.78, 5) is 11.6. The zero-order valence-electron chi connectivity index (χ0n) is 12.9. The quantitative estimate of drug-likeness (QED) is 0.881. The molecule has 0 saturated carbocycles. The number of benzene rings is 1. The van der Waals surface area contributed by atoms with E-state index in [1.807, 2.05) is 18.2 Å². The fourth-order valence-electron chi connectivity index (χ4n) is 1.92. The Labute approximate surface area is 124 Å². The molecule has 0 aliphatic rings. The zero-order valence-corrected chi connectivity index (χ0v) is 12.9. The van der Waals surface area contributed by atoms with Crippen LogP contribution >= 0.6 is 0 Å². The minimum atomic E-state index is -0.326. The minimum absolute atomic E-state index is 0.0652. The highest BCUT2D eigenvalue weighted by atomic mass is 16.5. The van der Waals surface area contributed by atoms with Gasteiger partial charge in [0.25, 0.3) is 0 Å². The second kappa shape index (κ2) is 5.60. The molecule has 0 spiro atoms. The van der Waals surface area contributed by atoms with Crippen molar-refractivity contribution in [3.8, 4) is 5.69 Å². The lowest BCUT2D eigenvalue weighted by molar-refractivity contribution is 0.0526. The number of hydrogen-bond donors (Lipinski definition) is 1. The molecule has 0 bridgehead atoms. The van der Waals surface area contributed by atoms with E-state index >= 15 is 0 Å². The van der Waals surface area contributed by atoms with Crippen LogP contribution in [0.15, 0.2) is 30.3 Å². The number of esters is 1. The molecule has 1 heterocycles. The first-order chi connectivity index (χ1) is 9.82. The van der Waals surface area contributed by atoms with E-state index < -0.39 is 0 Å². The second-order valence-electron chi connectivity index (χ2n) is 5.88. The van der Waals surface area contributed by atoms with E-state index in [-0.39, 0.29) is 11.4 Å². The predicted molar refractivity (Wildman–Crippen MR) is 82.6 cm³/mol. The SMILES string of the molecule is CCOC(=O)c1ccc(-n2nc(C(C)(C)C)cc2N)cc1. The first kappa shape index (κ1) is 15.1. The number of ether oxygens (including phenoxy) is 1. The van der Waals surface area contributed by atoms with Crippen LogP contribution in [0, 0.1) is 0 Å². The highest BCUT2D eigenvalue weighted by Gasteiger charge is 2.19. The largest absolute Gasteiger partial charge is 0.462 e. The van der Waals surface area contributed by atoms with E-state index in [1.165, 1.54) is 0 Å². The summed E-state index contributed by atoms with van der Waals surface area (Å²) < 4.78 is 6.64. The van der Waals surface area contributed by atoms with Crippen LogP contribution in [0.5, 0.6) is 0 Å². The summed E-state index contributed by atoms with van der Waals surface area (Å²) in [5, 5.41) is 4.54. The van der Waals surface area contributed by atoms with Crippen LogP contribution < -0.4 is 5.73 Å². The minimum Gasteiger partial charge on any atom is -0.462 e. The van der Waals surface area contributed by atoms with E-state index in [4.69, 9.17) is 10.5 Å². The molecular formula is C16H21N3O2. The standard InChI is InChI=1S/C16H21N3O2/c1-5-21-15(20)11-6-8-12(9-7-11)19-14(17)10-13(18-19)16(2,3)4/h6-10H,5,17H2,1-4H3. The number of nitrogens with zero attached hydrogens (tertiary/aromatic N) is 2. The summed E-state index contributed by atoms with van der Waals surface area (Å²) in [6, 6.07) is 8.92. The molecule has 0 radical (unpaired) electrons. The number of carbonyl (C=O) groups excluding carboxylic acids is 1. The first-order valence-corrected chi connectivity index (χ1v) is 6.96. The molecule has 0 aliphatic carbocycles. The average molecular weight is 287 g/mol. The highest BCUT2D eigenvalue weighted by Crippen LogP contribution is 2.24. The van der Waals surface area contributed by atoms with E-state index in [0.29, 0.717) is 18.0 Å². The van der Waals surface area contributed by atoms with Gasteiger partial charge in [0.15, 0.2) is 0 Å². The third-order valence-electron chi connectivity index (χ3n) is 3.13. The number of nitrogens with two attached hydrogens (primary N) is 1. The van der Waals surface area contributed by atoms with Crippen LogP contribution in [-0.4, -0.2) is 22.4 Å². The van der Waals surface area contributed by atoms with Gasteiger partial charge in [0.05, 0.1) is 23.6 Å². The monoisotopic (exact) mass is 287 g/mol. The van der Waals surface area contributed by atoms with Crippen molar-refractivity contribution in [2.75, 3.05) is 12.3 Å². The van der Waals surface area contributed by atoms with Crippen molar-refractivity contribution in [1.29, 1.82) is 0 Å². The maximum atomic E-state index is 11.6. The maximum absolute atomic E-state index is 11.6. The Bertz CT molecular complexity index is 637. The summed E-state index contributed by atoms with van der Waals surface area (Å²) in [6.45, 7) is 8.40. The van der Waals surface area contributed by atoms with Gasteiger partial charge in [0, 0.05) is 11.5 Å². The Morgan fingerprint density at radius 3 is 2.38 bits per heavy atom. The predicted octanol–water partition coefficient (Wildman–Crippen LogP) is 2.93. The summed E-state index contributed by atoms with van der Waals surface area (Å²) in [5.74, 6) is 0.247. The number of anilines is 1. The van der Waals surface area contributed by atoms with Crippen molar-refractivity contribution in [3.05, 3.63) is 41.6 Å². The lowest BCUT2D eigenvalue weighted by Gasteiger charge is -2.14. The molecule has 2 rings (SSSR count). The molecule has 2 N–H and O–H groups in total. The van der Waals surface area contributed by atoms with Gasteiger partial charge in [-0.25, -0.2) is 9.48 Å². The number of carbonyl (C=O) groups is 1. The van der Waals surface area contributed by atoms with Gasteiger partial charge < -0.3 is 10.5 Å². The fraction of sp³-hybridized carbons (Fsp3) is 0.375. The Kier molecular flexibility index (Phi) is 4.02. The molecule has 0 amide bonds. The molecule has 0 aliphatic heterocycles. The first-order valence-electron chi connectivity index (χ1n) is 6.96. The Morgan fingerprint density at radius 2 is 1.90 bits per heavy atom. The zero-order chi connectivity index (χ0) is 15.6. The molecule has 5 heteroatoms. The van der Waals surface area contributed by atoms with Gasteiger partial charge in [-0.15, -0.1) is 0 Å². The topological polar surface area (TPSA) is 70.1 Å². The van der Waals surface area contributed by atoms with E-state index in [2.05, 4.69) is 25.9 Å². The number of aromatic nitrogens is 2. The van der Waals surface area contributed by atoms with Crippen molar-refractivity contribution >= 4 is 11.8 Å². The number of nitrogen functional groups attached to an aromatic ring is 1. The van der Waals surface area contributed by atoms with Gasteiger partial charge in [-0.2, -0.15) is 5.10 Å². The van der Waals surface area contributed by atoms with Gasteiger partial charge in [-0.3, -0.25) is 0 Å². The molecular weight excluding hydrogens is 266 g/mol. The highest BCUT2D eigenvalue weighted by molar-refractivity contribution is 5.89. The molecule has 1 aromatic carbocycles. The van der Waals surface area contributed by atoms with Crippen LogP contribution in [0.25, 0.3) is 5.69 Å². The van der Waals surface area contributed by atoms with E-state index in [9.17, 15) is 4.79 Å². The lowest BCUT2D eigenvalue weighted by Crippen LogP contribution is -2.12. The normalized spacial score (nSPS) is 11.4. The third kappa shape index (κ3) is 3.24. The molecule has 2 aromatic rings. The molecule has 0 unspecified atom stereocenters. The molecule has 0 saturated heterocycles. The fourth-order valence-corrected chi connectivity index (χ4v) is 1.92. The van der Waals surface area contributed by atoms with Gasteiger partial charge in [0.2, 0.25) is 0 Å². The van der Waals surface area contributed by atoms with Crippen LogP contribution in [0.1, 0.15) is 43.7 Å². The van der Waals surface area contributed by atoms with Gasteiger partial charge in [0.1, 0.15) is 5.82 Å². The number of rotatable bonds is 3. The van der Waals surface area contributed by atoms with Crippen molar-refractivity contribution < 1.29 is 9.53 Å². The summed E-state index contributed by atoms with van der Waals surface area (Å²) in [6.07, 6.45) is 0. The van der Waals surface area contributed by atoms with Crippen LogP contribution in [-0.2, 0) is 10.2 Å². The van der Waals surface area contributed by atoms with Crippen molar-refractivity contribution in [2.45, 2.75) is 33.1 Å². The van der Waals surface area contributed by atoms with Crippen molar-refractivity contribution in [3.63, 3.8) is 0 Å². The molecule has 0 atom stereocenters. The molecule has 5 nitrogen and oxygen atoms in total. The molecule has 1 aromatic heterocycles. The van der Waals surface area contributed by atoms with Crippen LogP contribution in [0.4, 0.5) is 5.82 Å². The van der Waals surface area contributed by atoms with E-state index in [0.717, 1.165) is 11.4 Å². The summed E-state index contributed by atoms with van der Waals surface area (Å²) in [5.41, 5.74) is 8.22. The molecule has 0 fully saturated rings. The van der Waals surface area contributed by atoms with Gasteiger partial charge in [-0.1, -0.05) is 20.8 Å². The van der Waals surface area contributed by atoms with Crippen LogP contribution in [0.2, 0.25) is 0 Å². The van der Waals surface area contributed by atoms with Gasteiger partial charge in [-0.05, 0) is 31.2 Å². The number of hydrogen-bond acceptors (Lipinski definition) is 4. The van der Waals surface area contributed by atoms with Crippen LogP contribution in [0.3, 0.4) is 0 Å². The maximum Gasteiger partial charge on any atom is 0.338 e. The van der Waals surface area contributed by atoms with Crippen molar-refractivity contribution in [1.82, 2.24) is 9.78 Å². The Hall–Kier alpha value is -2.30. The summed E-state index contributed by atoms with van der Waals surface area (Å²) in [7, 11) is 0. The lowest BCUT2D eigenvalue weighted by atomic mass is 9.92. The van der Waals surface area contributed by atoms with E-state index in [1.54, 1.807) is 23.7 Å². The molecule has 112 valence electrons. The van der Waals surface area contributed by atoms with Crippen molar-refractivity contribution in [2.24, 2.45) is 0 Å².